The molecule has 2 N–H and O–H groups in total. The van der Waals surface area contributed by atoms with Crippen molar-refractivity contribution in [3.63, 3.8) is 0 Å². The van der Waals surface area contributed by atoms with Crippen LogP contribution in [0.2, 0.25) is 0 Å². The summed E-state index contributed by atoms with van der Waals surface area (Å²) < 4.78 is 16.8. The number of hydrogen-bond acceptors (Lipinski definition) is 8. The number of hydrogen-bond donors (Lipinski definition) is 1. The van der Waals surface area contributed by atoms with Gasteiger partial charge in [0, 0.05) is 43.9 Å². The van der Waals surface area contributed by atoms with Gasteiger partial charge in [-0.05, 0) is 18.2 Å². The zero-order valence-electron chi connectivity index (χ0n) is 16.0. The normalized spacial score (nSPS) is 20.4. The molecular weight excluding hydrogens is 358 g/mol. The zero-order chi connectivity index (χ0) is 19.3. The lowest BCUT2D eigenvalue weighted by atomic mass is 10.0. The van der Waals surface area contributed by atoms with Crippen LogP contribution in [0.3, 0.4) is 0 Å². The van der Waals surface area contributed by atoms with Gasteiger partial charge in [0.25, 0.3) is 0 Å². The Bertz CT molecular complexity index is 845. The second-order valence-electron chi connectivity index (χ2n) is 6.79. The number of morpholine rings is 1. The first kappa shape index (κ1) is 18.6. The summed E-state index contributed by atoms with van der Waals surface area (Å²) in [6, 6.07) is 7.59. The third-order valence-corrected chi connectivity index (χ3v) is 4.92. The molecule has 0 saturated carbocycles. The fraction of sp³-hybridized carbons (Fsp3) is 0.450. The summed E-state index contributed by atoms with van der Waals surface area (Å²) in [7, 11) is 1.74. The molecule has 0 radical (unpaired) electrons. The highest BCUT2D eigenvalue weighted by atomic mass is 16.5. The van der Waals surface area contributed by atoms with Crippen LogP contribution in [-0.2, 0) is 9.47 Å². The summed E-state index contributed by atoms with van der Waals surface area (Å²) >= 11 is 0. The number of ether oxygens (including phenoxy) is 3. The smallest absolute Gasteiger partial charge is 0.132 e. The lowest BCUT2D eigenvalue weighted by Gasteiger charge is -2.27. The Morgan fingerprint density at radius 1 is 1.18 bits per heavy atom. The highest BCUT2D eigenvalue weighted by Gasteiger charge is 2.20. The Kier molecular flexibility index (Phi) is 5.68. The molecule has 2 saturated heterocycles. The van der Waals surface area contributed by atoms with Crippen molar-refractivity contribution in [1.82, 2.24) is 9.97 Å². The Labute approximate surface area is 164 Å². The third kappa shape index (κ3) is 4.07. The van der Waals surface area contributed by atoms with Gasteiger partial charge in [0.05, 0.1) is 37.8 Å². The SMILES string of the molecule is CN=C(c1cc(N2CCOCC2)ncn1)c1cc(O[C@@H]2CCOC2)ccc1N. The molecule has 0 bridgehead atoms. The van der Waals surface area contributed by atoms with Gasteiger partial charge in [0.15, 0.2) is 0 Å². The van der Waals surface area contributed by atoms with Crippen molar-refractivity contribution < 1.29 is 14.2 Å². The van der Waals surface area contributed by atoms with E-state index in [1.54, 1.807) is 13.4 Å². The maximum Gasteiger partial charge on any atom is 0.132 e. The van der Waals surface area contributed by atoms with Crippen LogP contribution in [0.4, 0.5) is 11.5 Å². The molecule has 148 valence electrons. The van der Waals surface area contributed by atoms with Gasteiger partial charge < -0.3 is 24.8 Å². The van der Waals surface area contributed by atoms with Crippen LogP contribution in [-0.4, -0.2) is 68.3 Å². The first-order valence-electron chi connectivity index (χ1n) is 9.51. The number of nitrogen functional groups attached to an aromatic ring is 1. The van der Waals surface area contributed by atoms with Crippen LogP contribution in [0.1, 0.15) is 17.7 Å². The molecule has 8 nitrogen and oxygen atoms in total. The van der Waals surface area contributed by atoms with Gasteiger partial charge in [-0.15, -0.1) is 0 Å². The molecule has 28 heavy (non-hydrogen) atoms. The summed E-state index contributed by atoms with van der Waals surface area (Å²) in [5.41, 5.74) is 9.12. The van der Waals surface area contributed by atoms with Gasteiger partial charge in [-0.1, -0.05) is 0 Å². The van der Waals surface area contributed by atoms with Crippen molar-refractivity contribution in [3.8, 4) is 5.75 Å². The summed E-state index contributed by atoms with van der Waals surface area (Å²) in [5.74, 6) is 1.62. The summed E-state index contributed by atoms with van der Waals surface area (Å²) in [6.07, 6.45) is 2.53. The van der Waals surface area contributed by atoms with Crippen molar-refractivity contribution in [3.05, 3.63) is 41.9 Å². The number of benzene rings is 1. The van der Waals surface area contributed by atoms with Crippen LogP contribution in [0, 0.1) is 0 Å². The van der Waals surface area contributed by atoms with Gasteiger partial charge >= 0.3 is 0 Å². The van der Waals surface area contributed by atoms with Crippen LogP contribution < -0.4 is 15.4 Å². The molecule has 2 aliphatic heterocycles. The minimum Gasteiger partial charge on any atom is -0.488 e. The Hall–Kier alpha value is -2.71. The van der Waals surface area contributed by atoms with E-state index in [-0.39, 0.29) is 6.10 Å². The van der Waals surface area contributed by atoms with E-state index >= 15 is 0 Å². The quantitative estimate of drug-likeness (QED) is 0.618. The first-order chi connectivity index (χ1) is 13.7. The highest BCUT2D eigenvalue weighted by molar-refractivity contribution is 6.15. The molecule has 8 heteroatoms. The summed E-state index contributed by atoms with van der Waals surface area (Å²) in [4.78, 5) is 15.5. The van der Waals surface area contributed by atoms with Crippen LogP contribution in [0.15, 0.2) is 35.6 Å². The lowest BCUT2D eigenvalue weighted by molar-refractivity contribution is 0.122. The van der Waals surface area contributed by atoms with Crippen molar-refractivity contribution in [1.29, 1.82) is 0 Å². The Morgan fingerprint density at radius 3 is 2.79 bits per heavy atom. The molecule has 1 aromatic heterocycles. The van der Waals surface area contributed by atoms with Gasteiger partial charge in [0.1, 0.15) is 24.0 Å². The molecule has 1 aromatic carbocycles. The molecule has 2 fully saturated rings. The lowest BCUT2D eigenvalue weighted by Crippen LogP contribution is -2.36. The zero-order valence-corrected chi connectivity index (χ0v) is 16.0. The fourth-order valence-electron chi connectivity index (χ4n) is 3.43. The van der Waals surface area contributed by atoms with E-state index < -0.39 is 0 Å². The maximum absolute atomic E-state index is 6.26. The molecule has 0 aliphatic carbocycles. The number of aromatic nitrogens is 2. The van der Waals surface area contributed by atoms with Gasteiger partial charge in [0.2, 0.25) is 0 Å². The fourth-order valence-corrected chi connectivity index (χ4v) is 3.43. The number of rotatable bonds is 5. The topological polar surface area (TPSA) is 95.1 Å². The molecule has 2 aliphatic rings. The average Bonchev–Trinajstić information content (AvgIpc) is 3.25. The van der Waals surface area contributed by atoms with Gasteiger partial charge in [-0.25, -0.2) is 9.97 Å². The van der Waals surface area contributed by atoms with Gasteiger partial charge in [-0.3, -0.25) is 4.99 Å². The van der Waals surface area contributed by atoms with Crippen molar-refractivity contribution in [2.45, 2.75) is 12.5 Å². The number of anilines is 2. The van der Waals surface area contributed by atoms with E-state index in [0.29, 0.717) is 31.2 Å². The largest absolute Gasteiger partial charge is 0.488 e. The number of nitrogens with zero attached hydrogens (tertiary/aromatic N) is 4. The van der Waals surface area contributed by atoms with E-state index in [4.69, 9.17) is 19.9 Å². The third-order valence-electron chi connectivity index (χ3n) is 4.92. The van der Waals surface area contributed by atoms with E-state index in [0.717, 1.165) is 48.9 Å². The molecule has 0 unspecified atom stereocenters. The highest BCUT2D eigenvalue weighted by Crippen LogP contribution is 2.25. The second kappa shape index (κ2) is 8.53. The predicted molar refractivity (Wildman–Crippen MR) is 107 cm³/mol. The van der Waals surface area contributed by atoms with Crippen molar-refractivity contribution in [2.24, 2.45) is 4.99 Å². The molecule has 1 atom stereocenters. The van der Waals surface area contributed by atoms with Crippen LogP contribution in [0.5, 0.6) is 5.75 Å². The van der Waals surface area contributed by atoms with Crippen molar-refractivity contribution >= 4 is 17.2 Å². The second-order valence-corrected chi connectivity index (χ2v) is 6.79. The molecule has 3 heterocycles. The molecule has 2 aromatic rings. The molecule has 4 rings (SSSR count). The first-order valence-corrected chi connectivity index (χ1v) is 9.51. The van der Waals surface area contributed by atoms with E-state index in [2.05, 4.69) is 19.9 Å². The minimum atomic E-state index is 0.0745. The van der Waals surface area contributed by atoms with Crippen molar-refractivity contribution in [2.75, 3.05) is 57.2 Å². The van der Waals surface area contributed by atoms with Crippen LogP contribution in [0.25, 0.3) is 0 Å². The molecular formula is C20H25N5O3. The maximum atomic E-state index is 6.26. The van der Waals surface area contributed by atoms with E-state index in [1.165, 1.54) is 0 Å². The molecule has 0 amide bonds. The monoisotopic (exact) mass is 383 g/mol. The number of aliphatic imine (C=N–C) groups is 1. The van der Waals surface area contributed by atoms with E-state index in [1.807, 2.05) is 24.3 Å². The summed E-state index contributed by atoms with van der Waals surface area (Å²) in [6.45, 7) is 4.37. The summed E-state index contributed by atoms with van der Waals surface area (Å²) in [5, 5.41) is 0. The van der Waals surface area contributed by atoms with E-state index in [9.17, 15) is 0 Å². The standard InChI is InChI=1S/C20H25N5O3/c1-22-20(18-11-19(24-13-23-18)25-5-8-26-9-6-25)16-10-14(2-3-17(16)21)28-15-4-7-27-12-15/h2-3,10-11,13,15H,4-9,12,21H2,1H3/t15-/m1/s1. The Balaban J connectivity index is 1.61. The van der Waals surface area contributed by atoms with Crippen LogP contribution >= 0.6 is 0 Å². The average molecular weight is 383 g/mol. The van der Waals surface area contributed by atoms with Gasteiger partial charge in [-0.2, -0.15) is 0 Å². The minimum absolute atomic E-state index is 0.0745. The molecule has 0 spiro atoms. The Morgan fingerprint density at radius 2 is 2.04 bits per heavy atom. The predicted octanol–water partition coefficient (Wildman–Crippen LogP) is 1.53. The number of nitrogens with two attached hydrogens (primary N) is 1.